The highest BCUT2D eigenvalue weighted by Crippen LogP contribution is 2.30. The normalized spacial score (nSPS) is 13.5. The minimum absolute atomic E-state index is 0.0464. The highest BCUT2D eigenvalue weighted by Gasteiger charge is 2.26. The van der Waals surface area contributed by atoms with E-state index in [1.54, 1.807) is 0 Å². The van der Waals surface area contributed by atoms with Crippen molar-refractivity contribution in [3.05, 3.63) is 28.8 Å². The highest BCUT2D eigenvalue weighted by atomic mass is 32.1. The molecule has 0 atom stereocenters. The molecule has 0 spiro atoms. The third-order valence-corrected chi connectivity index (χ3v) is 4.00. The van der Waals surface area contributed by atoms with E-state index in [0.29, 0.717) is 10.8 Å². The van der Waals surface area contributed by atoms with Crippen LogP contribution >= 0.6 is 11.3 Å². The van der Waals surface area contributed by atoms with Gasteiger partial charge < -0.3 is 5.32 Å². The third kappa shape index (κ3) is 2.91. The quantitative estimate of drug-likeness (QED) is 0.897. The van der Waals surface area contributed by atoms with Gasteiger partial charge in [0.05, 0.1) is 17.9 Å². The first-order valence-corrected chi connectivity index (χ1v) is 7.59. The Morgan fingerprint density at radius 2 is 2.23 bits per heavy atom. The lowest BCUT2D eigenvalue weighted by Crippen LogP contribution is -2.44. The van der Waals surface area contributed by atoms with Crippen LogP contribution in [0.1, 0.15) is 10.6 Å². The smallest absolute Gasteiger partial charge is 0.246 e. The van der Waals surface area contributed by atoms with Crippen LogP contribution in [0.15, 0.2) is 18.2 Å². The van der Waals surface area contributed by atoms with Crippen molar-refractivity contribution < 1.29 is 9.59 Å². The number of nitrogens with one attached hydrogen (secondary N) is 2. The van der Waals surface area contributed by atoms with Crippen LogP contribution in [0.25, 0.3) is 0 Å². The van der Waals surface area contributed by atoms with E-state index in [-0.39, 0.29) is 24.9 Å². The summed E-state index contributed by atoms with van der Waals surface area (Å²) in [5, 5.41) is 14.6. The molecular formula is C14H15N5O2S. The second kappa shape index (κ2) is 5.72. The molecule has 7 nitrogen and oxygen atoms in total. The van der Waals surface area contributed by atoms with Gasteiger partial charge in [0, 0.05) is 0 Å². The van der Waals surface area contributed by atoms with Gasteiger partial charge in [-0.2, -0.15) is 0 Å². The van der Waals surface area contributed by atoms with E-state index < -0.39 is 0 Å². The number of aryl methyl sites for hydroxylation is 2. The topological polar surface area (TPSA) is 87.2 Å². The SMILES string of the molecule is Cc1ccc2c(c1)NCC(=O)N2CC(=O)Nc1nnc(C)s1. The van der Waals surface area contributed by atoms with Gasteiger partial charge in [0.2, 0.25) is 16.9 Å². The first-order chi connectivity index (χ1) is 10.5. The maximum Gasteiger partial charge on any atom is 0.246 e. The van der Waals surface area contributed by atoms with Crippen LogP contribution in [0.5, 0.6) is 0 Å². The van der Waals surface area contributed by atoms with Gasteiger partial charge in [-0.05, 0) is 31.5 Å². The molecule has 2 amide bonds. The van der Waals surface area contributed by atoms with Gasteiger partial charge in [0.1, 0.15) is 11.6 Å². The van der Waals surface area contributed by atoms with Crippen molar-refractivity contribution in [2.24, 2.45) is 0 Å². The molecule has 0 saturated heterocycles. The number of anilines is 3. The largest absolute Gasteiger partial charge is 0.374 e. The van der Waals surface area contributed by atoms with E-state index in [1.165, 1.54) is 16.2 Å². The number of hydrogen-bond donors (Lipinski definition) is 2. The Morgan fingerprint density at radius 1 is 1.41 bits per heavy atom. The number of rotatable bonds is 3. The molecule has 1 aliphatic heterocycles. The summed E-state index contributed by atoms with van der Waals surface area (Å²) in [5.41, 5.74) is 2.67. The number of nitrogens with zero attached hydrogens (tertiary/aromatic N) is 3. The first-order valence-electron chi connectivity index (χ1n) is 6.78. The maximum absolute atomic E-state index is 12.1. The summed E-state index contributed by atoms with van der Waals surface area (Å²) >= 11 is 1.30. The molecule has 0 unspecified atom stereocenters. The summed E-state index contributed by atoms with van der Waals surface area (Å²) in [4.78, 5) is 25.7. The van der Waals surface area contributed by atoms with Crippen LogP contribution in [-0.2, 0) is 9.59 Å². The average molecular weight is 317 g/mol. The lowest BCUT2D eigenvalue weighted by molar-refractivity contribution is -0.120. The molecule has 0 fully saturated rings. The second-order valence-electron chi connectivity index (χ2n) is 5.03. The van der Waals surface area contributed by atoms with E-state index >= 15 is 0 Å². The second-order valence-corrected chi connectivity index (χ2v) is 6.21. The Bertz CT molecular complexity index is 743. The van der Waals surface area contributed by atoms with Crippen molar-refractivity contribution in [1.82, 2.24) is 10.2 Å². The lowest BCUT2D eigenvalue weighted by atomic mass is 10.1. The number of amides is 2. The number of carbonyl (C=O) groups is 2. The molecule has 3 rings (SSSR count). The maximum atomic E-state index is 12.1. The molecule has 0 bridgehead atoms. The molecule has 0 radical (unpaired) electrons. The molecule has 8 heteroatoms. The van der Waals surface area contributed by atoms with Gasteiger partial charge in [-0.25, -0.2) is 0 Å². The Kier molecular flexibility index (Phi) is 3.76. The van der Waals surface area contributed by atoms with E-state index in [1.807, 2.05) is 32.0 Å². The highest BCUT2D eigenvalue weighted by molar-refractivity contribution is 7.15. The number of carbonyl (C=O) groups excluding carboxylic acids is 2. The van der Waals surface area contributed by atoms with Crippen molar-refractivity contribution in [3.63, 3.8) is 0 Å². The molecule has 22 heavy (non-hydrogen) atoms. The molecule has 0 aliphatic carbocycles. The minimum Gasteiger partial charge on any atom is -0.374 e. The molecule has 2 aromatic rings. The van der Waals surface area contributed by atoms with Gasteiger partial charge in [-0.15, -0.1) is 10.2 Å². The monoisotopic (exact) mass is 317 g/mol. The molecule has 2 heterocycles. The van der Waals surface area contributed by atoms with Crippen LogP contribution in [0.3, 0.4) is 0 Å². The number of benzene rings is 1. The Labute approximate surface area is 131 Å². The number of aromatic nitrogens is 2. The van der Waals surface area contributed by atoms with Gasteiger partial charge in [0.25, 0.3) is 0 Å². The van der Waals surface area contributed by atoms with Crippen molar-refractivity contribution in [3.8, 4) is 0 Å². The van der Waals surface area contributed by atoms with Gasteiger partial charge in [-0.1, -0.05) is 17.4 Å². The van der Waals surface area contributed by atoms with Crippen LogP contribution in [0.4, 0.5) is 16.5 Å². The van der Waals surface area contributed by atoms with Gasteiger partial charge in [-0.3, -0.25) is 19.8 Å². The van der Waals surface area contributed by atoms with Gasteiger partial charge >= 0.3 is 0 Å². The summed E-state index contributed by atoms with van der Waals surface area (Å²) in [6.45, 7) is 3.93. The standard InChI is InChI=1S/C14H15N5O2S/c1-8-3-4-11-10(5-8)15-6-13(21)19(11)7-12(20)16-14-18-17-9(2)22-14/h3-5,15H,6-7H2,1-2H3,(H,16,18,20). The Morgan fingerprint density at radius 3 is 2.95 bits per heavy atom. The predicted octanol–water partition coefficient (Wildman–Crippen LogP) is 1.55. The fourth-order valence-electron chi connectivity index (χ4n) is 2.25. The average Bonchev–Trinajstić information content (AvgIpc) is 2.87. The molecule has 114 valence electrons. The molecular weight excluding hydrogens is 302 g/mol. The fourth-order valence-corrected chi connectivity index (χ4v) is 2.86. The fraction of sp³-hybridized carbons (Fsp3) is 0.286. The van der Waals surface area contributed by atoms with Crippen molar-refractivity contribution >= 4 is 39.7 Å². The summed E-state index contributed by atoms with van der Waals surface area (Å²) in [6.07, 6.45) is 0. The predicted molar refractivity (Wildman–Crippen MR) is 85.3 cm³/mol. The molecule has 0 saturated carbocycles. The van der Waals surface area contributed by atoms with E-state index in [0.717, 1.165) is 16.3 Å². The van der Waals surface area contributed by atoms with Gasteiger partial charge in [0.15, 0.2) is 0 Å². The number of hydrogen-bond acceptors (Lipinski definition) is 6. The zero-order chi connectivity index (χ0) is 15.7. The summed E-state index contributed by atoms with van der Waals surface area (Å²) in [6, 6.07) is 5.72. The van der Waals surface area contributed by atoms with Crippen LogP contribution in [0.2, 0.25) is 0 Å². The summed E-state index contributed by atoms with van der Waals surface area (Å²) in [5.74, 6) is -0.433. The zero-order valence-electron chi connectivity index (χ0n) is 12.2. The molecule has 1 aromatic carbocycles. The van der Waals surface area contributed by atoms with E-state index in [9.17, 15) is 9.59 Å². The summed E-state index contributed by atoms with van der Waals surface area (Å²) in [7, 11) is 0. The van der Waals surface area contributed by atoms with E-state index in [4.69, 9.17) is 0 Å². The zero-order valence-corrected chi connectivity index (χ0v) is 13.0. The Balaban J connectivity index is 1.77. The molecule has 1 aliphatic rings. The van der Waals surface area contributed by atoms with Crippen molar-refractivity contribution in [2.75, 3.05) is 28.6 Å². The number of fused-ring (bicyclic) bond motifs is 1. The van der Waals surface area contributed by atoms with E-state index in [2.05, 4.69) is 20.8 Å². The van der Waals surface area contributed by atoms with Crippen LogP contribution in [-0.4, -0.2) is 35.1 Å². The van der Waals surface area contributed by atoms with Crippen LogP contribution in [0, 0.1) is 13.8 Å². The third-order valence-electron chi connectivity index (χ3n) is 3.25. The van der Waals surface area contributed by atoms with Crippen molar-refractivity contribution in [1.29, 1.82) is 0 Å². The Hall–Kier alpha value is -2.48. The molecule has 1 aromatic heterocycles. The minimum atomic E-state index is -0.294. The molecule has 2 N–H and O–H groups in total. The lowest BCUT2D eigenvalue weighted by Gasteiger charge is -2.29. The van der Waals surface area contributed by atoms with Crippen molar-refractivity contribution in [2.45, 2.75) is 13.8 Å². The van der Waals surface area contributed by atoms with Crippen LogP contribution < -0.4 is 15.5 Å². The first kappa shape index (κ1) is 14.5. The summed E-state index contributed by atoms with van der Waals surface area (Å²) < 4.78 is 0.